The summed E-state index contributed by atoms with van der Waals surface area (Å²) in [4.78, 5) is 23.4. The van der Waals surface area contributed by atoms with E-state index >= 15 is 0 Å². The molecule has 1 aromatic carbocycles. The highest BCUT2D eigenvalue weighted by molar-refractivity contribution is 6.35. The third kappa shape index (κ3) is 4.09. The maximum Gasteiger partial charge on any atom is 0.278 e. The minimum Gasteiger partial charge on any atom is -0.345 e. The lowest BCUT2D eigenvalue weighted by Crippen LogP contribution is -2.96. The molecule has 1 aliphatic heterocycles. The minimum atomic E-state index is -0.372. The molecule has 0 aliphatic carbocycles. The van der Waals surface area contributed by atoms with E-state index < -0.39 is 0 Å². The van der Waals surface area contributed by atoms with E-state index in [9.17, 15) is 9.59 Å². The first kappa shape index (κ1) is 14.1. The zero-order chi connectivity index (χ0) is 13.8. The SMILES string of the molecule is O=C(C[C@H]1[NH2+]CCNC1=O)Nc1cc(Cl)cc(Cl)c1. The molecule has 19 heavy (non-hydrogen) atoms. The summed E-state index contributed by atoms with van der Waals surface area (Å²) >= 11 is 11.7. The third-order valence-electron chi connectivity index (χ3n) is 2.78. The van der Waals surface area contributed by atoms with Crippen molar-refractivity contribution in [3.8, 4) is 0 Å². The van der Waals surface area contributed by atoms with Gasteiger partial charge in [0.2, 0.25) is 5.91 Å². The maximum atomic E-state index is 11.9. The van der Waals surface area contributed by atoms with Crippen molar-refractivity contribution < 1.29 is 14.9 Å². The zero-order valence-electron chi connectivity index (χ0n) is 10.1. The fraction of sp³-hybridized carbons (Fsp3) is 0.333. The Hall–Kier alpha value is -1.30. The van der Waals surface area contributed by atoms with Crippen molar-refractivity contribution >= 4 is 40.7 Å². The second kappa shape index (κ2) is 6.23. The van der Waals surface area contributed by atoms with Crippen LogP contribution in [0.25, 0.3) is 0 Å². The molecule has 5 nitrogen and oxygen atoms in total. The third-order valence-corrected chi connectivity index (χ3v) is 3.22. The van der Waals surface area contributed by atoms with Gasteiger partial charge >= 0.3 is 0 Å². The van der Waals surface area contributed by atoms with Crippen molar-refractivity contribution in [3.63, 3.8) is 0 Å². The molecule has 0 spiro atoms. The molecule has 1 aromatic rings. The average molecular weight is 303 g/mol. The molecule has 1 fully saturated rings. The van der Waals surface area contributed by atoms with E-state index in [4.69, 9.17) is 23.2 Å². The number of nitrogens with one attached hydrogen (secondary N) is 2. The smallest absolute Gasteiger partial charge is 0.278 e. The molecule has 102 valence electrons. The lowest BCUT2D eigenvalue weighted by molar-refractivity contribution is -0.678. The Balaban J connectivity index is 1.95. The molecule has 0 radical (unpaired) electrons. The molecule has 2 rings (SSSR count). The van der Waals surface area contributed by atoms with Crippen molar-refractivity contribution in [2.45, 2.75) is 12.5 Å². The van der Waals surface area contributed by atoms with Gasteiger partial charge < -0.3 is 16.0 Å². The molecule has 0 saturated carbocycles. The molecule has 4 N–H and O–H groups in total. The molecule has 7 heteroatoms. The van der Waals surface area contributed by atoms with Crippen LogP contribution in [0.1, 0.15) is 6.42 Å². The molecule has 1 atom stereocenters. The largest absolute Gasteiger partial charge is 0.345 e. The quantitative estimate of drug-likeness (QED) is 0.755. The van der Waals surface area contributed by atoms with Crippen LogP contribution in [0, 0.1) is 0 Å². The van der Waals surface area contributed by atoms with Gasteiger partial charge in [0.15, 0.2) is 6.04 Å². The van der Waals surface area contributed by atoms with Gasteiger partial charge in [0.05, 0.1) is 19.5 Å². The van der Waals surface area contributed by atoms with Crippen LogP contribution < -0.4 is 16.0 Å². The van der Waals surface area contributed by atoms with E-state index in [1.807, 2.05) is 5.32 Å². The van der Waals surface area contributed by atoms with Crippen molar-refractivity contribution in [2.24, 2.45) is 0 Å². The van der Waals surface area contributed by atoms with Gasteiger partial charge in [-0.1, -0.05) is 23.2 Å². The van der Waals surface area contributed by atoms with Crippen LogP contribution in [0.3, 0.4) is 0 Å². The van der Waals surface area contributed by atoms with Gasteiger partial charge in [0.25, 0.3) is 5.91 Å². The summed E-state index contributed by atoms with van der Waals surface area (Å²) in [6, 6.07) is 4.43. The van der Waals surface area contributed by atoms with Crippen LogP contribution >= 0.6 is 23.2 Å². The molecule has 2 amide bonds. The van der Waals surface area contributed by atoms with Crippen LogP contribution in [0.2, 0.25) is 10.0 Å². The topological polar surface area (TPSA) is 74.8 Å². The summed E-state index contributed by atoms with van der Waals surface area (Å²) in [5.74, 6) is -0.345. The first-order valence-electron chi connectivity index (χ1n) is 5.91. The first-order valence-corrected chi connectivity index (χ1v) is 6.67. The van der Waals surface area contributed by atoms with Crippen molar-refractivity contribution in [2.75, 3.05) is 18.4 Å². The number of benzene rings is 1. The Morgan fingerprint density at radius 1 is 1.37 bits per heavy atom. The highest BCUT2D eigenvalue weighted by atomic mass is 35.5. The lowest BCUT2D eigenvalue weighted by Gasteiger charge is -2.19. The number of carbonyl (C=O) groups is 2. The summed E-state index contributed by atoms with van der Waals surface area (Å²) in [6.45, 7) is 1.42. The van der Waals surface area contributed by atoms with Gasteiger partial charge in [-0.15, -0.1) is 0 Å². The van der Waals surface area contributed by atoms with E-state index in [0.717, 1.165) is 6.54 Å². The summed E-state index contributed by atoms with van der Waals surface area (Å²) in [7, 11) is 0. The lowest BCUT2D eigenvalue weighted by atomic mass is 10.1. The highest BCUT2D eigenvalue weighted by Gasteiger charge is 2.27. The monoisotopic (exact) mass is 302 g/mol. The number of anilines is 1. The molecular weight excluding hydrogens is 289 g/mol. The summed E-state index contributed by atoms with van der Waals surface area (Å²) in [5, 5.41) is 8.17. The summed E-state index contributed by atoms with van der Waals surface area (Å²) in [5.41, 5.74) is 0.527. The van der Waals surface area contributed by atoms with Gasteiger partial charge in [-0.25, -0.2) is 0 Å². The van der Waals surface area contributed by atoms with Crippen molar-refractivity contribution in [1.82, 2.24) is 5.32 Å². The number of hydrogen-bond acceptors (Lipinski definition) is 2. The zero-order valence-corrected chi connectivity index (χ0v) is 11.6. The number of nitrogens with two attached hydrogens (primary N) is 1. The Morgan fingerprint density at radius 3 is 2.68 bits per heavy atom. The molecule has 0 bridgehead atoms. The molecule has 1 heterocycles. The van der Waals surface area contributed by atoms with E-state index in [1.165, 1.54) is 0 Å². The van der Waals surface area contributed by atoms with E-state index in [2.05, 4.69) is 10.6 Å². The van der Waals surface area contributed by atoms with Crippen LogP contribution in [-0.4, -0.2) is 30.9 Å². The van der Waals surface area contributed by atoms with Crippen LogP contribution in [0.5, 0.6) is 0 Å². The van der Waals surface area contributed by atoms with E-state index in [1.54, 1.807) is 18.2 Å². The molecule has 1 aliphatic rings. The average Bonchev–Trinajstić information content (AvgIpc) is 2.30. The van der Waals surface area contributed by atoms with E-state index in [-0.39, 0.29) is 24.3 Å². The van der Waals surface area contributed by atoms with Crippen molar-refractivity contribution in [1.29, 1.82) is 0 Å². The highest BCUT2D eigenvalue weighted by Crippen LogP contribution is 2.22. The number of hydrogen-bond donors (Lipinski definition) is 3. The van der Waals surface area contributed by atoms with Gasteiger partial charge in [0.1, 0.15) is 0 Å². The summed E-state index contributed by atoms with van der Waals surface area (Å²) < 4.78 is 0. The Morgan fingerprint density at radius 2 is 2.05 bits per heavy atom. The molecule has 1 saturated heterocycles. The predicted octanol–water partition coefficient (Wildman–Crippen LogP) is 0.384. The van der Waals surface area contributed by atoms with Gasteiger partial charge in [-0.05, 0) is 18.2 Å². The Bertz CT molecular complexity index is 487. The van der Waals surface area contributed by atoms with Gasteiger partial charge in [-0.3, -0.25) is 9.59 Å². The summed E-state index contributed by atoms with van der Waals surface area (Å²) in [6.07, 6.45) is 0.121. The number of quaternary nitrogens is 1. The normalized spacial score (nSPS) is 18.8. The number of halogens is 2. The number of amides is 2. The van der Waals surface area contributed by atoms with E-state index in [0.29, 0.717) is 22.3 Å². The number of rotatable bonds is 3. The van der Waals surface area contributed by atoms with Crippen LogP contribution in [-0.2, 0) is 9.59 Å². The molecule has 0 aromatic heterocycles. The molecule has 0 unspecified atom stereocenters. The second-order valence-electron chi connectivity index (χ2n) is 4.33. The maximum absolute atomic E-state index is 11.9. The fourth-order valence-corrected chi connectivity index (χ4v) is 2.46. The van der Waals surface area contributed by atoms with Gasteiger partial charge in [-0.2, -0.15) is 0 Å². The first-order chi connectivity index (χ1) is 9.04. The molecular formula is C12H14Cl2N3O2+. The van der Waals surface area contributed by atoms with Gasteiger partial charge in [0, 0.05) is 15.7 Å². The minimum absolute atomic E-state index is 0.106. The van der Waals surface area contributed by atoms with Crippen LogP contribution in [0.4, 0.5) is 5.69 Å². The Labute approximate surface area is 120 Å². The number of carbonyl (C=O) groups excluding carboxylic acids is 2. The Kier molecular flexibility index (Phi) is 4.63. The predicted molar refractivity (Wildman–Crippen MR) is 73.3 cm³/mol. The fourth-order valence-electron chi connectivity index (χ4n) is 1.93. The standard InChI is InChI=1S/C12H13Cl2N3O2/c13-7-3-8(14)5-9(4-7)17-11(18)6-10-12(19)16-2-1-15-10/h3-5,10,15H,1-2,6H2,(H,16,19)(H,17,18)/p+1/t10-/m1/s1. The second-order valence-corrected chi connectivity index (χ2v) is 5.21. The number of piperazine rings is 1. The van der Waals surface area contributed by atoms with Crippen LogP contribution in [0.15, 0.2) is 18.2 Å². The van der Waals surface area contributed by atoms with Crippen molar-refractivity contribution in [3.05, 3.63) is 28.2 Å².